The third-order valence-corrected chi connectivity index (χ3v) is 13.4. The smallest absolute Gasteiger partial charge is 0.180 e. The van der Waals surface area contributed by atoms with Gasteiger partial charge in [0.05, 0.1) is 0 Å². The highest BCUT2D eigenvalue weighted by atomic mass is 32.1. The molecule has 3 nitrogen and oxygen atoms in total. The van der Waals surface area contributed by atoms with E-state index in [0.717, 1.165) is 58.2 Å². The van der Waals surface area contributed by atoms with Crippen molar-refractivity contribution in [3.8, 4) is 22.4 Å². The van der Waals surface area contributed by atoms with Gasteiger partial charge in [-0.15, -0.1) is 22.7 Å². The molecule has 0 saturated carbocycles. The van der Waals surface area contributed by atoms with Crippen LogP contribution < -0.4 is 0 Å². The van der Waals surface area contributed by atoms with E-state index in [9.17, 15) is 0 Å². The molecule has 4 aromatic heterocycles. The molecule has 57 heavy (non-hydrogen) atoms. The van der Waals surface area contributed by atoms with Gasteiger partial charge in [-0.25, -0.2) is 9.97 Å². The molecule has 0 bridgehead atoms. The summed E-state index contributed by atoms with van der Waals surface area (Å²) < 4.78 is 12.0. The van der Waals surface area contributed by atoms with Gasteiger partial charge in [0.25, 0.3) is 0 Å². The molecular weight excluding hydrogens is 733 g/mol. The summed E-state index contributed by atoms with van der Waals surface area (Å²) in [6, 6.07) is 46.2. The van der Waals surface area contributed by atoms with E-state index in [1.165, 1.54) is 62.6 Å². The van der Waals surface area contributed by atoms with E-state index in [1.54, 1.807) is 6.33 Å². The van der Waals surface area contributed by atoms with Crippen LogP contribution in [0.25, 0.3) is 90.4 Å². The highest BCUT2D eigenvalue weighted by molar-refractivity contribution is 7.26. The zero-order chi connectivity index (χ0) is 38.9. The fraction of sp³-hybridized carbons (Fsp3) is 0.154. The maximum Gasteiger partial charge on any atom is 0.180 e. The van der Waals surface area contributed by atoms with Crippen LogP contribution in [0.15, 0.2) is 156 Å². The van der Waals surface area contributed by atoms with E-state index in [0.29, 0.717) is 5.92 Å². The second kappa shape index (κ2) is 15.9. The molecule has 0 radical (unpaired) electrons. The summed E-state index contributed by atoms with van der Waals surface area (Å²) in [5, 5.41) is 6.36. The molecular formula is C52H44N2OS2. The highest BCUT2D eigenvalue weighted by Crippen LogP contribution is 2.44. The Morgan fingerprint density at radius 3 is 2.09 bits per heavy atom. The van der Waals surface area contributed by atoms with Crippen LogP contribution in [0.5, 0.6) is 0 Å². The largest absolute Gasteiger partial charge is 0.452 e. The first kappa shape index (κ1) is 36.7. The van der Waals surface area contributed by atoms with Crippen LogP contribution in [0, 0.1) is 0 Å². The predicted octanol–water partition coefficient (Wildman–Crippen LogP) is 16.4. The summed E-state index contributed by atoms with van der Waals surface area (Å²) in [4.78, 5) is 9.57. The third-order valence-electron chi connectivity index (χ3n) is 11.0. The number of aromatic nitrogens is 2. The van der Waals surface area contributed by atoms with Gasteiger partial charge < -0.3 is 4.42 Å². The normalized spacial score (nSPS) is 15.8. The van der Waals surface area contributed by atoms with E-state index < -0.39 is 0 Å². The van der Waals surface area contributed by atoms with Gasteiger partial charge >= 0.3 is 0 Å². The highest BCUT2D eigenvalue weighted by Gasteiger charge is 2.20. The van der Waals surface area contributed by atoms with Gasteiger partial charge in [-0.2, -0.15) is 0 Å². The number of rotatable bonds is 4. The van der Waals surface area contributed by atoms with Gasteiger partial charge in [-0.3, -0.25) is 0 Å². The first-order chi connectivity index (χ1) is 28.3. The summed E-state index contributed by atoms with van der Waals surface area (Å²) in [6.45, 7) is 8.00. The number of furan rings is 1. The lowest BCUT2D eigenvalue weighted by Crippen LogP contribution is -2.01. The van der Waals surface area contributed by atoms with Crippen LogP contribution in [0.3, 0.4) is 0 Å². The lowest BCUT2D eigenvalue weighted by molar-refractivity contribution is 0.648. The predicted molar refractivity (Wildman–Crippen MR) is 249 cm³/mol. The van der Waals surface area contributed by atoms with Crippen LogP contribution in [0.4, 0.5) is 0 Å². The van der Waals surface area contributed by atoms with Crippen LogP contribution in [-0.2, 0) is 0 Å². The molecule has 1 aliphatic rings. The molecule has 1 unspecified atom stereocenters. The van der Waals surface area contributed by atoms with Gasteiger partial charge in [0.15, 0.2) is 5.58 Å². The van der Waals surface area contributed by atoms with Crippen LogP contribution >= 0.6 is 22.7 Å². The Hall–Kier alpha value is -5.88. The lowest BCUT2D eigenvalue weighted by atomic mass is 9.86. The summed E-state index contributed by atoms with van der Waals surface area (Å²) in [6.07, 6.45) is 11.7. The average molecular weight is 777 g/mol. The zero-order valence-corrected chi connectivity index (χ0v) is 34.4. The van der Waals surface area contributed by atoms with Crippen molar-refractivity contribution >= 4 is 90.7 Å². The topological polar surface area (TPSA) is 38.9 Å². The van der Waals surface area contributed by atoms with Crippen molar-refractivity contribution in [2.24, 2.45) is 0 Å². The molecule has 0 fully saturated rings. The molecule has 1 atom stereocenters. The number of thiophene rings is 2. The van der Waals surface area contributed by atoms with Crippen molar-refractivity contribution in [1.82, 2.24) is 9.97 Å². The fourth-order valence-electron chi connectivity index (χ4n) is 8.36. The van der Waals surface area contributed by atoms with E-state index in [1.807, 2.05) is 50.4 Å². The number of allylic oxidation sites excluding steroid dienone is 4. The summed E-state index contributed by atoms with van der Waals surface area (Å²) in [5.74, 6) is 0.460. The van der Waals surface area contributed by atoms with Crippen LogP contribution in [0.2, 0.25) is 0 Å². The standard InChI is InChI=1S/C48H32N2OS2.2C2H6/c1-2-11-30(34-16-8-18-38-36-14-3-5-20-42(36)52-47(34)38)23-22-29(10-1)31-24-25-41-40(27-31)45-46(51-41)44(49-28-50-45)33-13-7-12-32(26-33)35-17-9-19-39-37-15-4-6-21-43(37)53-48(35)39;2*1-2/h1-10,12-21,24-28,30H,11,22-23H2;2*1-2H3/b2-1-,29-10+;;. The van der Waals surface area contributed by atoms with Crippen molar-refractivity contribution in [2.75, 3.05) is 0 Å². The molecule has 6 aromatic carbocycles. The molecule has 0 amide bonds. The van der Waals surface area contributed by atoms with Gasteiger partial charge in [0.1, 0.15) is 23.1 Å². The number of fused-ring (bicyclic) bond motifs is 9. The molecule has 4 heterocycles. The average Bonchev–Trinajstić information content (AvgIpc) is 3.97. The van der Waals surface area contributed by atoms with Gasteiger partial charge in [-0.1, -0.05) is 143 Å². The van der Waals surface area contributed by atoms with Crippen molar-refractivity contribution < 1.29 is 4.42 Å². The second-order valence-corrected chi connectivity index (χ2v) is 16.1. The Balaban J connectivity index is 0.00000103. The Kier molecular flexibility index (Phi) is 10.3. The van der Waals surface area contributed by atoms with Crippen molar-refractivity contribution in [2.45, 2.75) is 52.9 Å². The molecule has 11 rings (SSSR count). The van der Waals surface area contributed by atoms with Gasteiger partial charge in [-0.05, 0) is 83.3 Å². The van der Waals surface area contributed by atoms with Gasteiger partial charge in [0.2, 0.25) is 0 Å². The second-order valence-electron chi connectivity index (χ2n) is 14.0. The van der Waals surface area contributed by atoms with E-state index in [-0.39, 0.29) is 0 Å². The fourth-order valence-corrected chi connectivity index (χ4v) is 10.9. The first-order valence-corrected chi connectivity index (χ1v) is 21.8. The van der Waals surface area contributed by atoms with Crippen molar-refractivity contribution in [3.05, 3.63) is 163 Å². The van der Waals surface area contributed by atoms with Crippen molar-refractivity contribution in [1.29, 1.82) is 0 Å². The Morgan fingerprint density at radius 2 is 1.28 bits per heavy atom. The third kappa shape index (κ3) is 6.55. The SMILES string of the molecule is C1=C\CC(c2cccc3c2sc2ccccc23)CC\C(c2ccc3oc4c(-c5cccc(-c6cccc7c6sc6ccccc67)c5)ncnc4c3c2)=C/1.CC.CC. The monoisotopic (exact) mass is 776 g/mol. The van der Waals surface area contributed by atoms with Crippen LogP contribution in [-0.4, -0.2) is 9.97 Å². The minimum absolute atomic E-state index is 0.460. The number of hydrogen-bond donors (Lipinski definition) is 0. The molecule has 0 spiro atoms. The van der Waals surface area contributed by atoms with E-state index in [4.69, 9.17) is 14.4 Å². The maximum absolute atomic E-state index is 6.57. The molecule has 0 saturated heterocycles. The molecule has 5 heteroatoms. The lowest BCUT2D eigenvalue weighted by Gasteiger charge is -2.19. The first-order valence-electron chi connectivity index (χ1n) is 20.2. The summed E-state index contributed by atoms with van der Waals surface area (Å²) in [5.41, 5.74) is 10.6. The summed E-state index contributed by atoms with van der Waals surface area (Å²) >= 11 is 3.79. The number of nitrogens with zero attached hydrogens (tertiary/aromatic N) is 2. The minimum atomic E-state index is 0.460. The maximum atomic E-state index is 6.57. The van der Waals surface area contributed by atoms with E-state index >= 15 is 0 Å². The number of hydrogen-bond acceptors (Lipinski definition) is 5. The Morgan fingerprint density at radius 1 is 0.596 bits per heavy atom. The van der Waals surface area contributed by atoms with E-state index in [2.05, 4.69) is 146 Å². The Bertz CT molecular complexity index is 3120. The molecule has 0 aliphatic heterocycles. The number of benzene rings is 6. The molecule has 10 aromatic rings. The van der Waals surface area contributed by atoms with Crippen molar-refractivity contribution in [3.63, 3.8) is 0 Å². The van der Waals surface area contributed by atoms with Gasteiger partial charge in [0, 0.05) is 51.3 Å². The minimum Gasteiger partial charge on any atom is -0.452 e. The van der Waals surface area contributed by atoms with Crippen LogP contribution in [0.1, 0.15) is 64.0 Å². The summed E-state index contributed by atoms with van der Waals surface area (Å²) in [7, 11) is 0. The molecule has 0 N–H and O–H groups in total. The Labute approximate surface area is 341 Å². The zero-order valence-electron chi connectivity index (χ0n) is 32.8. The molecule has 1 aliphatic carbocycles. The molecule has 280 valence electrons. The quantitative estimate of drug-likeness (QED) is 0.179.